The molecule has 3 heteroatoms. The number of nitriles is 1. The number of esters is 1. The number of hydrogen-bond acceptors (Lipinski definition) is 3. The fourth-order valence-electron chi connectivity index (χ4n) is 0.838. The van der Waals surface area contributed by atoms with E-state index in [0.717, 1.165) is 6.42 Å². The molecule has 3 nitrogen and oxygen atoms in total. The summed E-state index contributed by atoms with van der Waals surface area (Å²) in [6.45, 7) is 5.49. The minimum absolute atomic E-state index is 0.134. The largest absolute Gasteiger partial charge is 0.462 e. The number of carbonyl (C=O) groups excluding carboxylic acids is 1. The molecule has 1 atom stereocenters. The molecule has 0 N–H and O–H groups in total. The molecule has 12 heavy (non-hydrogen) atoms. The van der Waals surface area contributed by atoms with Gasteiger partial charge in [0.2, 0.25) is 0 Å². The van der Waals surface area contributed by atoms with Crippen LogP contribution in [0.25, 0.3) is 0 Å². The highest BCUT2D eigenvalue weighted by atomic mass is 16.5. The monoisotopic (exact) mass is 169 g/mol. The normalized spacial score (nSPS) is 12.2. The van der Waals surface area contributed by atoms with Gasteiger partial charge in [0.15, 0.2) is 0 Å². The second-order valence-electron chi connectivity index (χ2n) is 2.96. The molecule has 0 radical (unpaired) electrons. The van der Waals surface area contributed by atoms with Gasteiger partial charge in [-0.3, -0.25) is 4.79 Å². The van der Waals surface area contributed by atoms with Crippen LogP contribution >= 0.6 is 0 Å². The predicted octanol–water partition coefficient (Wildman–Crippen LogP) is 1.88. The molecule has 0 aromatic carbocycles. The molecule has 0 aliphatic carbocycles. The lowest BCUT2D eigenvalue weighted by molar-refractivity contribution is -0.150. The third kappa shape index (κ3) is 3.97. The highest BCUT2D eigenvalue weighted by Gasteiger charge is 2.18. The fourth-order valence-corrected chi connectivity index (χ4v) is 0.838. The van der Waals surface area contributed by atoms with Crippen LogP contribution < -0.4 is 0 Å². The Labute approximate surface area is 73.3 Å². The number of rotatable bonds is 4. The Hall–Kier alpha value is -1.04. The summed E-state index contributed by atoms with van der Waals surface area (Å²) in [5.74, 6) is -0.980. The van der Waals surface area contributed by atoms with Crippen LogP contribution in [0.5, 0.6) is 0 Å². The van der Waals surface area contributed by atoms with Gasteiger partial charge >= 0.3 is 5.97 Å². The van der Waals surface area contributed by atoms with Crippen molar-refractivity contribution >= 4 is 5.97 Å². The van der Waals surface area contributed by atoms with Gasteiger partial charge in [-0.15, -0.1) is 0 Å². The van der Waals surface area contributed by atoms with Gasteiger partial charge in [0.25, 0.3) is 0 Å². The van der Waals surface area contributed by atoms with Crippen molar-refractivity contribution in [2.45, 2.75) is 39.7 Å². The maximum absolute atomic E-state index is 11.1. The molecule has 0 saturated heterocycles. The second kappa shape index (κ2) is 5.59. The van der Waals surface area contributed by atoms with Crippen molar-refractivity contribution in [3.63, 3.8) is 0 Å². The lowest BCUT2D eigenvalue weighted by atomic mass is 10.1. The van der Waals surface area contributed by atoms with Gasteiger partial charge in [-0.1, -0.05) is 13.3 Å². The van der Waals surface area contributed by atoms with Crippen molar-refractivity contribution in [2.24, 2.45) is 5.92 Å². The van der Waals surface area contributed by atoms with E-state index in [1.54, 1.807) is 13.8 Å². The fraction of sp³-hybridized carbons (Fsp3) is 0.778. The maximum atomic E-state index is 11.1. The zero-order valence-corrected chi connectivity index (χ0v) is 7.83. The quantitative estimate of drug-likeness (QED) is 0.604. The Morgan fingerprint density at radius 2 is 2.17 bits per heavy atom. The zero-order valence-electron chi connectivity index (χ0n) is 7.83. The van der Waals surface area contributed by atoms with E-state index >= 15 is 0 Å². The average Bonchev–Trinajstić information content (AvgIpc) is 1.98. The lowest BCUT2D eigenvalue weighted by Crippen LogP contribution is -2.19. The topological polar surface area (TPSA) is 50.1 Å². The first kappa shape index (κ1) is 11.0. The van der Waals surface area contributed by atoms with Gasteiger partial charge in [-0.25, -0.2) is 0 Å². The third-order valence-corrected chi connectivity index (χ3v) is 1.37. The van der Waals surface area contributed by atoms with Gasteiger partial charge in [0.05, 0.1) is 12.2 Å². The van der Waals surface area contributed by atoms with Crippen LogP contribution in [0.1, 0.15) is 33.6 Å². The maximum Gasteiger partial charge on any atom is 0.323 e. The molecule has 0 spiro atoms. The Bertz CT molecular complexity index is 181. The summed E-state index contributed by atoms with van der Waals surface area (Å²) < 4.78 is 4.89. The van der Waals surface area contributed by atoms with Crippen LogP contribution in [0, 0.1) is 17.2 Å². The van der Waals surface area contributed by atoms with Gasteiger partial charge in [0, 0.05) is 0 Å². The standard InChI is InChI=1S/C9H15NO2/c1-4-5-8(6-10)9(11)12-7(2)3/h7-8H,4-5H2,1-3H3. The molecule has 0 rings (SSSR count). The summed E-state index contributed by atoms with van der Waals surface area (Å²) >= 11 is 0. The van der Waals surface area contributed by atoms with Gasteiger partial charge in [0.1, 0.15) is 5.92 Å². The zero-order chi connectivity index (χ0) is 9.56. The minimum Gasteiger partial charge on any atom is -0.462 e. The van der Waals surface area contributed by atoms with Gasteiger partial charge < -0.3 is 4.74 Å². The molecule has 0 fully saturated rings. The number of ether oxygens (including phenoxy) is 1. The van der Waals surface area contributed by atoms with Crippen LogP contribution in [0.3, 0.4) is 0 Å². The van der Waals surface area contributed by atoms with Gasteiger partial charge in [-0.2, -0.15) is 5.26 Å². The number of hydrogen-bond donors (Lipinski definition) is 0. The molecule has 0 bridgehead atoms. The van der Waals surface area contributed by atoms with E-state index in [1.807, 2.05) is 13.0 Å². The van der Waals surface area contributed by atoms with Crippen LogP contribution in [0.15, 0.2) is 0 Å². The van der Waals surface area contributed by atoms with Crippen molar-refractivity contribution in [3.05, 3.63) is 0 Å². The Balaban J connectivity index is 3.96. The summed E-state index contributed by atoms with van der Waals surface area (Å²) in [6.07, 6.45) is 1.28. The lowest BCUT2D eigenvalue weighted by Gasteiger charge is -2.10. The Kier molecular flexibility index (Phi) is 5.11. The molecule has 0 aromatic rings. The first-order valence-electron chi connectivity index (χ1n) is 4.21. The van der Waals surface area contributed by atoms with Crippen LogP contribution in [0.2, 0.25) is 0 Å². The van der Waals surface area contributed by atoms with E-state index in [4.69, 9.17) is 10.00 Å². The van der Waals surface area contributed by atoms with Crippen LogP contribution in [-0.4, -0.2) is 12.1 Å². The summed E-state index contributed by atoms with van der Waals surface area (Å²) in [4.78, 5) is 11.1. The summed E-state index contributed by atoms with van der Waals surface area (Å²) in [6, 6.07) is 1.93. The highest BCUT2D eigenvalue weighted by Crippen LogP contribution is 2.08. The molecule has 0 aromatic heterocycles. The van der Waals surface area contributed by atoms with E-state index in [9.17, 15) is 4.79 Å². The summed E-state index contributed by atoms with van der Waals surface area (Å²) in [5.41, 5.74) is 0. The van der Waals surface area contributed by atoms with E-state index < -0.39 is 11.9 Å². The van der Waals surface area contributed by atoms with Crippen molar-refractivity contribution in [2.75, 3.05) is 0 Å². The number of nitrogens with zero attached hydrogens (tertiary/aromatic N) is 1. The predicted molar refractivity (Wildman–Crippen MR) is 45.2 cm³/mol. The minimum atomic E-state index is -0.586. The van der Waals surface area contributed by atoms with Crippen molar-refractivity contribution in [1.29, 1.82) is 5.26 Å². The summed E-state index contributed by atoms with van der Waals surface area (Å²) in [7, 11) is 0. The molecule has 68 valence electrons. The smallest absolute Gasteiger partial charge is 0.323 e. The molecule has 0 aliphatic heterocycles. The second-order valence-corrected chi connectivity index (χ2v) is 2.96. The Morgan fingerprint density at radius 3 is 2.50 bits per heavy atom. The molecule has 1 unspecified atom stereocenters. The number of carbonyl (C=O) groups is 1. The van der Waals surface area contributed by atoms with E-state index in [-0.39, 0.29) is 6.10 Å². The molecular formula is C9H15NO2. The summed E-state index contributed by atoms with van der Waals surface area (Å²) in [5, 5.41) is 8.59. The van der Waals surface area contributed by atoms with E-state index in [1.165, 1.54) is 0 Å². The van der Waals surface area contributed by atoms with Crippen molar-refractivity contribution in [1.82, 2.24) is 0 Å². The molecule has 0 heterocycles. The first-order valence-corrected chi connectivity index (χ1v) is 4.21. The van der Waals surface area contributed by atoms with E-state index in [0.29, 0.717) is 6.42 Å². The average molecular weight is 169 g/mol. The Morgan fingerprint density at radius 1 is 1.58 bits per heavy atom. The van der Waals surface area contributed by atoms with Crippen LogP contribution in [-0.2, 0) is 9.53 Å². The van der Waals surface area contributed by atoms with Crippen molar-refractivity contribution in [3.8, 4) is 6.07 Å². The molecule has 0 saturated carbocycles. The highest BCUT2D eigenvalue weighted by molar-refractivity contribution is 5.75. The molecular weight excluding hydrogens is 154 g/mol. The van der Waals surface area contributed by atoms with Gasteiger partial charge in [-0.05, 0) is 20.3 Å². The SMILES string of the molecule is CCCC(C#N)C(=O)OC(C)C. The van der Waals surface area contributed by atoms with Crippen LogP contribution in [0.4, 0.5) is 0 Å². The molecule has 0 aliphatic rings. The van der Waals surface area contributed by atoms with Crippen molar-refractivity contribution < 1.29 is 9.53 Å². The first-order chi connectivity index (χ1) is 5.61. The third-order valence-electron chi connectivity index (χ3n) is 1.37. The molecule has 0 amide bonds. The van der Waals surface area contributed by atoms with E-state index in [2.05, 4.69) is 0 Å².